The van der Waals surface area contributed by atoms with E-state index in [0.29, 0.717) is 0 Å². The van der Waals surface area contributed by atoms with Gasteiger partial charge in [0.05, 0.1) is 22.8 Å². The van der Waals surface area contributed by atoms with Crippen LogP contribution in [-0.2, 0) is 16.5 Å². The summed E-state index contributed by atoms with van der Waals surface area (Å²) in [4.78, 5) is 17.2. The molecule has 5 heterocycles. The first-order valence-corrected chi connectivity index (χ1v) is 12.0. The molecule has 5 aromatic rings. The number of hydrogen-bond donors (Lipinski definition) is 2. The minimum atomic E-state index is 0. The van der Waals surface area contributed by atoms with E-state index in [1.54, 1.807) is 0 Å². The molecule has 0 radical (unpaired) electrons. The van der Waals surface area contributed by atoms with Crippen LogP contribution in [0.1, 0.15) is 22.8 Å². The van der Waals surface area contributed by atoms with Crippen molar-refractivity contribution in [3.63, 3.8) is 0 Å². The van der Waals surface area contributed by atoms with Crippen molar-refractivity contribution < 1.29 is 16.5 Å². The normalized spacial score (nSPS) is 11.9. The van der Waals surface area contributed by atoms with Gasteiger partial charge in [-0.3, -0.25) is 0 Å². The first kappa shape index (κ1) is 23.0. The van der Waals surface area contributed by atoms with E-state index in [-0.39, 0.29) is 16.5 Å². The standard InChI is InChI=1S/C32H22N4.Ni/c1-3-7-21(8-4-1)31-27-15-11-23(33-27)19-25-13-17-29(35-25)32(22-9-5-2-6-10-22)30-18-14-26(36-30)20-24-12-16-28(31)34-24;/h1-20,33,36H;. The molecule has 4 nitrogen and oxygen atoms in total. The molecule has 180 valence electrons. The molecule has 0 aliphatic carbocycles. The predicted octanol–water partition coefficient (Wildman–Crippen LogP) is 7.99. The van der Waals surface area contributed by atoms with Crippen molar-refractivity contribution in [1.82, 2.24) is 19.9 Å². The second-order valence-corrected chi connectivity index (χ2v) is 8.94. The summed E-state index contributed by atoms with van der Waals surface area (Å²) in [5, 5.41) is 0. The van der Waals surface area contributed by atoms with E-state index in [1.165, 1.54) is 0 Å². The minimum Gasteiger partial charge on any atom is -0.355 e. The van der Waals surface area contributed by atoms with Crippen molar-refractivity contribution >= 4 is 46.4 Å². The first-order chi connectivity index (χ1) is 17.8. The summed E-state index contributed by atoms with van der Waals surface area (Å²) >= 11 is 0. The number of benzene rings is 2. The molecule has 7 rings (SSSR count). The maximum absolute atomic E-state index is 4.99. The summed E-state index contributed by atoms with van der Waals surface area (Å²) in [6.07, 6.45) is 8.32. The summed E-state index contributed by atoms with van der Waals surface area (Å²) in [5.41, 5.74) is 12.1. The van der Waals surface area contributed by atoms with Crippen LogP contribution in [0.15, 0.2) is 97.1 Å². The van der Waals surface area contributed by atoms with Gasteiger partial charge in [0.25, 0.3) is 0 Å². The molecule has 0 spiro atoms. The van der Waals surface area contributed by atoms with E-state index in [1.807, 2.05) is 12.1 Å². The quantitative estimate of drug-likeness (QED) is 0.227. The smallest absolute Gasteiger partial charge is 0.0736 e. The van der Waals surface area contributed by atoms with E-state index in [2.05, 4.69) is 119 Å². The van der Waals surface area contributed by atoms with Gasteiger partial charge in [0.15, 0.2) is 0 Å². The third-order valence-corrected chi connectivity index (χ3v) is 6.52. The zero-order valence-corrected chi connectivity index (χ0v) is 20.7. The van der Waals surface area contributed by atoms with Gasteiger partial charge in [-0.15, -0.1) is 0 Å². The Morgan fingerprint density at radius 1 is 0.459 bits per heavy atom. The average Bonchev–Trinajstić information content (AvgIpc) is 3.72. The van der Waals surface area contributed by atoms with Crippen LogP contribution in [0.3, 0.4) is 0 Å². The van der Waals surface area contributed by atoms with E-state index >= 15 is 0 Å². The van der Waals surface area contributed by atoms with E-state index in [0.717, 1.165) is 67.1 Å². The molecule has 0 amide bonds. The molecule has 37 heavy (non-hydrogen) atoms. The van der Waals surface area contributed by atoms with E-state index in [4.69, 9.17) is 9.97 Å². The second kappa shape index (κ2) is 9.53. The van der Waals surface area contributed by atoms with Gasteiger partial charge in [-0.25, -0.2) is 9.97 Å². The Hall–Kier alpha value is -4.47. The topological polar surface area (TPSA) is 57.4 Å². The van der Waals surface area contributed by atoms with Crippen LogP contribution in [0.5, 0.6) is 0 Å². The van der Waals surface area contributed by atoms with Gasteiger partial charge in [-0.05, 0) is 71.8 Å². The van der Waals surface area contributed by atoms with Crippen LogP contribution in [0, 0.1) is 0 Å². The summed E-state index contributed by atoms with van der Waals surface area (Å²) in [7, 11) is 0. The van der Waals surface area contributed by atoms with Crippen LogP contribution in [0.2, 0.25) is 0 Å². The Morgan fingerprint density at radius 2 is 0.892 bits per heavy atom. The molecule has 0 fully saturated rings. The van der Waals surface area contributed by atoms with Gasteiger partial charge >= 0.3 is 0 Å². The Bertz CT molecular complexity index is 1690. The number of nitrogens with one attached hydrogen (secondary N) is 2. The van der Waals surface area contributed by atoms with E-state index < -0.39 is 0 Å². The number of aromatic nitrogens is 4. The number of hydrogen-bond acceptors (Lipinski definition) is 2. The van der Waals surface area contributed by atoms with Crippen LogP contribution in [-0.4, -0.2) is 19.9 Å². The van der Waals surface area contributed by atoms with Gasteiger partial charge in [0.2, 0.25) is 0 Å². The van der Waals surface area contributed by atoms with Crippen molar-refractivity contribution in [2.75, 3.05) is 0 Å². The summed E-state index contributed by atoms with van der Waals surface area (Å²) < 4.78 is 0. The van der Waals surface area contributed by atoms with Crippen LogP contribution in [0.4, 0.5) is 0 Å². The SMILES string of the molecule is C1=Cc2nc1cc1ccc([nH]1)c(-c1ccccc1)c1nc(cc3ccc([nH]3)c2-c2ccccc2)C=C1.[Ni]. The van der Waals surface area contributed by atoms with Crippen LogP contribution < -0.4 is 0 Å². The largest absolute Gasteiger partial charge is 0.355 e. The van der Waals surface area contributed by atoms with Gasteiger partial charge in [0, 0.05) is 49.7 Å². The molecular weight excluding hydrogens is 499 g/mol. The number of H-pyrrole nitrogens is 2. The van der Waals surface area contributed by atoms with Gasteiger partial charge in [0.1, 0.15) is 0 Å². The fourth-order valence-corrected chi connectivity index (χ4v) is 4.89. The predicted molar refractivity (Wildman–Crippen MR) is 150 cm³/mol. The number of aromatic amines is 2. The van der Waals surface area contributed by atoms with E-state index in [9.17, 15) is 0 Å². The Balaban J connectivity index is 0.00000252. The minimum absolute atomic E-state index is 0. The first-order valence-electron chi connectivity index (χ1n) is 12.0. The zero-order chi connectivity index (χ0) is 23.9. The fourth-order valence-electron chi connectivity index (χ4n) is 4.89. The molecular formula is C32H22N4Ni. The number of fused-ring (bicyclic) bond motifs is 8. The molecule has 0 saturated heterocycles. The molecule has 2 aromatic carbocycles. The molecule has 8 bridgehead atoms. The van der Waals surface area contributed by atoms with Gasteiger partial charge in [-0.2, -0.15) is 0 Å². The van der Waals surface area contributed by atoms with Crippen LogP contribution in [0.25, 0.3) is 68.6 Å². The molecule has 2 N–H and O–H groups in total. The van der Waals surface area contributed by atoms with Crippen LogP contribution >= 0.6 is 0 Å². The molecule has 0 saturated carbocycles. The molecule has 0 unspecified atom stereocenters. The molecule has 2 aliphatic rings. The molecule has 3 aromatic heterocycles. The molecule has 5 heteroatoms. The van der Waals surface area contributed by atoms with Crippen molar-refractivity contribution in [2.24, 2.45) is 0 Å². The van der Waals surface area contributed by atoms with Gasteiger partial charge in [-0.1, -0.05) is 60.7 Å². The van der Waals surface area contributed by atoms with Crippen molar-refractivity contribution in [1.29, 1.82) is 0 Å². The maximum Gasteiger partial charge on any atom is 0.0736 e. The third kappa shape index (κ3) is 4.35. The Kier molecular flexibility index (Phi) is 5.92. The van der Waals surface area contributed by atoms with Crippen molar-refractivity contribution in [2.45, 2.75) is 0 Å². The monoisotopic (exact) mass is 520 g/mol. The summed E-state index contributed by atoms with van der Waals surface area (Å²) in [5.74, 6) is 0. The number of rotatable bonds is 2. The zero-order valence-electron chi connectivity index (χ0n) is 19.8. The third-order valence-electron chi connectivity index (χ3n) is 6.52. The summed E-state index contributed by atoms with van der Waals surface area (Å²) in [6, 6.07) is 33.4. The summed E-state index contributed by atoms with van der Waals surface area (Å²) in [6.45, 7) is 0. The Morgan fingerprint density at radius 3 is 1.32 bits per heavy atom. The maximum atomic E-state index is 4.99. The molecule has 0 atom stereocenters. The van der Waals surface area contributed by atoms with Crippen molar-refractivity contribution in [3.8, 4) is 22.3 Å². The van der Waals surface area contributed by atoms with Crippen molar-refractivity contribution in [3.05, 3.63) is 120 Å². The van der Waals surface area contributed by atoms with Gasteiger partial charge < -0.3 is 9.97 Å². The number of nitrogens with zero attached hydrogens (tertiary/aromatic N) is 2. The molecule has 2 aliphatic heterocycles. The fraction of sp³-hybridized carbons (Fsp3) is 0. The average molecular weight is 521 g/mol. The Labute approximate surface area is 224 Å². The second-order valence-electron chi connectivity index (χ2n) is 8.94.